The minimum absolute atomic E-state index is 0.0310. The molecule has 9 nitrogen and oxygen atoms in total. The highest BCUT2D eigenvalue weighted by Gasteiger charge is 2.38. The molecule has 3 aliphatic rings. The van der Waals surface area contributed by atoms with Crippen LogP contribution in [0.4, 0.5) is 0 Å². The molecule has 182 valence electrons. The molecule has 4 amide bonds. The maximum Gasteiger partial charge on any atom is 0.261 e. The van der Waals surface area contributed by atoms with E-state index in [0.717, 1.165) is 4.90 Å². The third kappa shape index (κ3) is 4.91. The minimum Gasteiger partial charge on any atom is -0.348 e. The number of carbonyl (C=O) groups is 5. The third-order valence-electron chi connectivity index (χ3n) is 6.13. The van der Waals surface area contributed by atoms with Crippen molar-refractivity contribution in [2.24, 2.45) is 0 Å². The molecule has 0 radical (unpaired) electrons. The van der Waals surface area contributed by atoms with E-state index in [-0.39, 0.29) is 42.4 Å². The average molecular weight is 479 g/mol. The molecule has 0 N–H and O–H groups in total. The predicted octanol–water partition coefficient (Wildman–Crippen LogP) is 2.70. The van der Waals surface area contributed by atoms with Crippen LogP contribution in [0.2, 0.25) is 0 Å². The van der Waals surface area contributed by atoms with Gasteiger partial charge in [-0.25, -0.2) is 0 Å². The van der Waals surface area contributed by atoms with Gasteiger partial charge in [0.1, 0.15) is 5.78 Å². The molecule has 0 unspecified atom stereocenters. The minimum atomic E-state index is -0.685. The Kier molecular flexibility index (Phi) is 6.90. The summed E-state index contributed by atoms with van der Waals surface area (Å²) in [6, 6.07) is 13.6. The summed E-state index contributed by atoms with van der Waals surface area (Å²) >= 11 is 0. The molecule has 5 rings (SSSR count). The SMILES string of the molecule is CC(=O)CCN1C(=O)c2ccccc2C1=O.CC1(CCN2C(=O)c3ccccc3C2=O)OCCO1. The summed E-state index contributed by atoms with van der Waals surface area (Å²) in [5.74, 6) is -1.79. The van der Waals surface area contributed by atoms with Gasteiger partial charge in [-0.05, 0) is 38.1 Å². The zero-order valence-corrected chi connectivity index (χ0v) is 19.6. The van der Waals surface area contributed by atoms with E-state index in [4.69, 9.17) is 9.47 Å². The zero-order valence-electron chi connectivity index (χ0n) is 19.6. The quantitative estimate of drug-likeness (QED) is 0.587. The van der Waals surface area contributed by atoms with Crippen molar-refractivity contribution in [3.05, 3.63) is 70.8 Å². The summed E-state index contributed by atoms with van der Waals surface area (Å²) in [4.78, 5) is 61.1. The Hall–Kier alpha value is -3.69. The fourth-order valence-corrected chi connectivity index (χ4v) is 4.17. The highest BCUT2D eigenvalue weighted by Crippen LogP contribution is 2.27. The maximum absolute atomic E-state index is 12.1. The second-order valence-electron chi connectivity index (χ2n) is 8.65. The molecule has 0 atom stereocenters. The summed E-state index contributed by atoms with van der Waals surface area (Å²) in [5, 5.41) is 0. The molecule has 2 aromatic carbocycles. The summed E-state index contributed by atoms with van der Waals surface area (Å²) in [5.41, 5.74) is 1.81. The standard InChI is InChI=1S/C14H15NO4.C12H11NO3/c1-14(18-8-9-19-14)6-7-15-12(16)10-4-2-3-5-11(10)13(15)17;1-8(14)6-7-13-11(15)9-4-2-3-5-10(9)12(13)16/h2-5H,6-9H2,1H3;2-5H,6-7H2,1H3. The van der Waals surface area contributed by atoms with Gasteiger partial charge in [0, 0.05) is 25.9 Å². The van der Waals surface area contributed by atoms with Gasteiger partial charge in [-0.15, -0.1) is 0 Å². The molecule has 0 aliphatic carbocycles. The lowest BCUT2D eigenvalue weighted by Gasteiger charge is -2.24. The van der Waals surface area contributed by atoms with Crippen LogP contribution in [-0.2, 0) is 14.3 Å². The molecule has 9 heteroatoms. The van der Waals surface area contributed by atoms with Gasteiger partial charge in [0.15, 0.2) is 5.79 Å². The number of ketones is 1. The van der Waals surface area contributed by atoms with E-state index in [1.807, 2.05) is 6.92 Å². The summed E-state index contributed by atoms with van der Waals surface area (Å²) < 4.78 is 11.0. The van der Waals surface area contributed by atoms with Crippen molar-refractivity contribution in [3.8, 4) is 0 Å². The smallest absolute Gasteiger partial charge is 0.261 e. The highest BCUT2D eigenvalue weighted by molar-refractivity contribution is 6.22. The zero-order chi connectivity index (χ0) is 25.2. The number of hydrogen-bond acceptors (Lipinski definition) is 7. The van der Waals surface area contributed by atoms with Crippen LogP contribution in [0.25, 0.3) is 0 Å². The van der Waals surface area contributed by atoms with Crippen LogP contribution in [0, 0.1) is 0 Å². The second-order valence-corrected chi connectivity index (χ2v) is 8.65. The first-order valence-electron chi connectivity index (χ1n) is 11.4. The molecule has 0 bridgehead atoms. The van der Waals surface area contributed by atoms with Gasteiger partial charge in [0.05, 0.1) is 35.5 Å². The van der Waals surface area contributed by atoms with Crippen LogP contribution < -0.4 is 0 Å². The van der Waals surface area contributed by atoms with Crippen molar-refractivity contribution >= 4 is 29.4 Å². The van der Waals surface area contributed by atoms with Crippen LogP contribution in [0.5, 0.6) is 0 Å². The van der Waals surface area contributed by atoms with Crippen molar-refractivity contribution in [2.75, 3.05) is 26.3 Å². The van der Waals surface area contributed by atoms with E-state index in [1.165, 1.54) is 11.8 Å². The molecular weight excluding hydrogens is 452 g/mol. The normalized spacial score (nSPS) is 17.9. The Morgan fingerprint density at radius 1 is 0.743 bits per heavy atom. The Balaban J connectivity index is 0.000000168. The number of fused-ring (bicyclic) bond motifs is 2. The molecule has 1 fully saturated rings. The largest absolute Gasteiger partial charge is 0.348 e. The lowest BCUT2D eigenvalue weighted by atomic mass is 10.1. The molecule has 2 aromatic rings. The number of nitrogens with zero attached hydrogens (tertiary/aromatic N) is 2. The van der Waals surface area contributed by atoms with Gasteiger partial charge in [0.25, 0.3) is 23.6 Å². The number of Topliss-reactive ketones (excluding diaryl/α,β-unsaturated/α-hetero) is 1. The molecule has 1 saturated heterocycles. The number of rotatable bonds is 6. The lowest BCUT2D eigenvalue weighted by molar-refractivity contribution is -0.147. The van der Waals surface area contributed by atoms with Gasteiger partial charge in [-0.3, -0.25) is 33.8 Å². The fourth-order valence-electron chi connectivity index (χ4n) is 4.17. The topological polar surface area (TPSA) is 110 Å². The molecule has 0 spiro atoms. The van der Waals surface area contributed by atoms with Crippen LogP contribution in [-0.4, -0.2) is 71.3 Å². The van der Waals surface area contributed by atoms with Crippen molar-refractivity contribution in [3.63, 3.8) is 0 Å². The summed E-state index contributed by atoms with van der Waals surface area (Å²) in [6.45, 7) is 4.86. The fraction of sp³-hybridized carbons (Fsp3) is 0.346. The first kappa shape index (κ1) is 24.4. The predicted molar refractivity (Wildman–Crippen MR) is 124 cm³/mol. The molecule has 3 heterocycles. The number of benzene rings is 2. The number of imide groups is 2. The van der Waals surface area contributed by atoms with Gasteiger partial charge in [-0.1, -0.05) is 24.3 Å². The van der Waals surface area contributed by atoms with Gasteiger partial charge in [-0.2, -0.15) is 0 Å². The van der Waals surface area contributed by atoms with E-state index in [9.17, 15) is 24.0 Å². The molecule has 3 aliphatic heterocycles. The number of carbonyl (C=O) groups excluding carboxylic acids is 5. The van der Waals surface area contributed by atoms with E-state index in [0.29, 0.717) is 48.4 Å². The van der Waals surface area contributed by atoms with Crippen molar-refractivity contribution in [1.29, 1.82) is 0 Å². The summed E-state index contributed by atoms with van der Waals surface area (Å²) in [6.07, 6.45) is 0.698. The van der Waals surface area contributed by atoms with Crippen LogP contribution in [0.15, 0.2) is 48.5 Å². The first-order chi connectivity index (χ1) is 16.7. The van der Waals surface area contributed by atoms with E-state index in [1.54, 1.807) is 48.5 Å². The number of hydrogen-bond donors (Lipinski definition) is 0. The lowest BCUT2D eigenvalue weighted by Crippen LogP contribution is -2.36. The number of amides is 4. The van der Waals surface area contributed by atoms with Crippen LogP contribution in [0.1, 0.15) is 68.1 Å². The average Bonchev–Trinajstić information content (AvgIpc) is 3.47. The van der Waals surface area contributed by atoms with Gasteiger partial charge in [0.2, 0.25) is 0 Å². The van der Waals surface area contributed by atoms with E-state index in [2.05, 4.69) is 0 Å². The van der Waals surface area contributed by atoms with Crippen molar-refractivity contribution < 1.29 is 33.4 Å². The molecule has 35 heavy (non-hydrogen) atoms. The second kappa shape index (κ2) is 9.89. The Morgan fingerprint density at radius 3 is 1.49 bits per heavy atom. The third-order valence-corrected chi connectivity index (χ3v) is 6.13. The molecule has 0 saturated carbocycles. The summed E-state index contributed by atoms with van der Waals surface area (Å²) in [7, 11) is 0. The van der Waals surface area contributed by atoms with E-state index >= 15 is 0 Å². The first-order valence-corrected chi connectivity index (χ1v) is 11.4. The van der Waals surface area contributed by atoms with Crippen molar-refractivity contribution in [2.45, 2.75) is 32.5 Å². The van der Waals surface area contributed by atoms with Gasteiger partial charge >= 0.3 is 0 Å². The molecule has 0 aromatic heterocycles. The van der Waals surface area contributed by atoms with Gasteiger partial charge < -0.3 is 9.47 Å². The Labute approximate surface area is 202 Å². The van der Waals surface area contributed by atoms with Crippen LogP contribution in [0.3, 0.4) is 0 Å². The van der Waals surface area contributed by atoms with Crippen molar-refractivity contribution in [1.82, 2.24) is 9.80 Å². The van der Waals surface area contributed by atoms with E-state index < -0.39 is 5.79 Å². The molecular formula is C26H26N2O7. The Bertz CT molecular complexity index is 1130. The number of ether oxygens (including phenoxy) is 2. The Morgan fingerprint density at radius 2 is 1.11 bits per heavy atom. The maximum atomic E-state index is 12.1. The monoisotopic (exact) mass is 478 g/mol. The highest BCUT2D eigenvalue weighted by atomic mass is 16.7. The van der Waals surface area contributed by atoms with Crippen LogP contribution >= 0.6 is 0 Å².